The lowest BCUT2D eigenvalue weighted by Crippen LogP contribution is -2.50. The molecule has 182 valence electrons. The van der Waals surface area contributed by atoms with E-state index < -0.39 is 11.4 Å². The van der Waals surface area contributed by atoms with E-state index in [1.807, 2.05) is 64.1 Å². The van der Waals surface area contributed by atoms with Crippen LogP contribution in [0.5, 0.6) is 5.75 Å². The van der Waals surface area contributed by atoms with Crippen LogP contribution in [0, 0.1) is 5.92 Å². The molecule has 7 nitrogen and oxygen atoms in total. The normalized spacial score (nSPS) is 15.6. The second kappa shape index (κ2) is 10.3. The molecule has 2 aromatic carbocycles. The van der Waals surface area contributed by atoms with Crippen molar-refractivity contribution < 1.29 is 14.3 Å². The van der Waals surface area contributed by atoms with E-state index in [-0.39, 0.29) is 47.7 Å². The molecule has 1 aliphatic rings. The summed E-state index contributed by atoms with van der Waals surface area (Å²) in [6.45, 7) is 8.05. The number of amides is 1. The van der Waals surface area contributed by atoms with Gasteiger partial charge in [0.15, 0.2) is 5.69 Å². The van der Waals surface area contributed by atoms with Gasteiger partial charge in [-0.15, -0.1) is 0 Å². The van der Waals surface area contributed by atoms with E-state index in [4.69, 9.17) is 4.74 Å². The number of nitrogens with zero attached hydrogens (tertiary/aromatic N) is 3. The highest BCUT2D eigenvalue weighted by Gasteiger charge is 2.41. The van der Waals surface area contributed by atoms with Gasteiger partial charge in [-0.3, -0.25) is 19.1 Å². The molecule has 1 unspecified atom stereocenters. The average Bonchev–Trinajstić information content (AvgIpc) is 2.83. The molecule has 1 aliphatic heterocycles. The molecule has 0 radical (unpaired) electrons. The minimum absolute atomic E-state index is 0.0245. The molecule has 1 atom stereocenters. The fraction of sp³-hybridized carbons (Fsp3) is 0.357. The zero-order valence-electron chi connectivity index (χ0n) is 20.5. The summed E-state index contributed by atoms with van der Waals surface area (Å²) in [6, 6.07) is 19.6. The maximum Gasteiger partial charge on any atom is 0.311 e. The number of aromatic nitrogens is 2. The van der Waals surface area contributed by atoms with E-state index in [0.717, 1.165) is 17.3 Å². The monoisotopic (exact) mass is 473 g/mol. The fourth-order valence-corrected chi connectivity index (χ4v) is 4.63. The lowest BCUT2D eigenvalue weighted by molar-refractivity contribution is -0.135. The Morgan fingerprint density at radius 1 is 0.971 bits per heavy atom. The standard InChI is InChI=1S/C28H31N3O4/c1-18(2)15-24(33)35-27-23(32)16-29-31-22(17-30(19(3)4)28(34)26(27)31)25(20-11-7-5-8-12-20)21-13-9-6-10-14-21/h5-14,16,18-19,22,25H,15,17H2,1-4H3. The first kappa shape index (κ1) is 24.4. The van der Waals surface area contributed by atoms with Gasteiger partial charge < -0.3 is 9.64 Å². The van der Waals surface area contributed by atoms with Gasteiger partial charge in [-0.25, -0.2) is 0 Å². The molecular weight excluding hydrogens is 442 g/mol. The number of carbonyl (C=O) groups is 2. The maximum absolute atomic E-state index is 13.6. The highest BCUT2D eigenvalue weighted by molar-refractivity contribution is 5.96. The Morgan fingerprint density at radius 3 is 2.06 bits per heavy atom. The Kier molecular flexibility index (Phi) is 7.15. The maximum atomic E-state index is 13.6. The van der Waals surface area contributed by atoms with Gasteiger partial charge in [0.05, 0.1) is 12.2 Å². The topological polar surface area (TPSA) is 81.5 Å². The third kappa shape index (κ3) is 5.04. The Hall–Kier alpha value is -3.74. The molecule has 1 aromatic heterocycles. The van der Waals surface area contributed by atoms with Crippen molar-refractivity contribution in [1.82, 2.24) is 14.7 Å². The number of fused-ring (bicyclic) bond motifs is 1. The zero-order chi connectivity index (χ0) is 25.1. The number of esters is 1. The van der Waals surface area contributed by atoms with E-state index in [9.17, 15) is 14.4 Å². The molecule has 0 bridgehead atoms. The fourth-order valence-electron chi connectivity index (χ4n) is 4.63. The highest BCUT2D eigenvalue weighted by atomic mass is 16.5. The predicted molar refractivity (Wildman–Crippen MR) is 134 cm³/mol. The first-order chi connectivity index (χ1) is 16.8. The van der Waals surface area contributed by atoms with Crippen molar-refractivity contribution in [2.24, 2.45) is 5.92 Å². The molecule has 0 spiro atoms. The molecule has 1 amide bonds. The van der Waals surface area contributed by atoms with Gasteiger partial charge in [0.1, 0.15) is 0 Å². The lowest BCUT2D eigenvalue weighted by atomic mass is 9.83. The number of benzene rings is 2. The number of hydrogen-bond donors (Lipinski definition) is 0. The summed E-state index contributed by atoms with van der Waals surface area (Å²) in [4.78, 5) is 40.7. The number of ether oxygens (including phenoxy) is 1. The van der Waals surface area contributed by atoms with Crippen LogP contribution in [-0.2, 0) is 4.79 Å². The van der Waals surface area contributed by atoms with Crippen LogP contribution in [0.3, 0.4) is 0 Å². The molecular formula is C28H31N3O4. The summed E-state index contributed by atoms with van der Waals surface area (Å²) in [5, 5.41) is 4.41. The number of hydrogen-bond acceptors (Lipinski definition) is 5. The minimum atomic E-state index is -0.581. The third-order valence-corrected chi connectivity index (χ3v) is 6.25. The van der Waals surface area contributed by atoms with Gasteiger partial charge in [0.2, 0.25) is 11.2 Å². The van der Waals surface area contributed by atoms with Crippen molar-refractivity contribution in [3.8, 4) is 5.75 Å². The van der Waals surface area contributed by atoms with Crippen LogP contribution < -0.4 is 10.2 Å². The molecule has 35 heavy (non-hydrogen) atoms. The van der Waals surface area contributed by atoms with E-state index in [2.05, 4.69) is 29.4 Å². The summed E-state index contributed by atoms with van der Waals surface area (Å²) in [5.74, 6) is -1.25. The van der Waals surface area contributed by atoms with E-state index in [1.165, 1.54) is 0 Å². The van der Waals surface area contributed by atoms with Crippen LogP contribution in [0.25, 0.3) is 0 Å². The van der Waals surface area contributed by atoms with Crippen LogP contribution in [0.1, 0.15) is 67.7 Å². The number of carbonyl (C=O) groups excluding carboxylic acids is 2. The van der Waals surface area contributed by atoms with Gasteiger partial charge in [-0.05, 0) is 30.9 Å². The van der Waals surface area contributed by atoms with Crippen LogP contribution in [0.15, 0.2) is 71.7 Å². The first-order valence-corrected chi connectivity index (χ1v) is 12.0. The van der Waals surface area contributed by atoms with Crippen molar-refractivity contribution in [2.75, 3.05) is 6.54 Å². The Morgan fingerprint density at radius 2 is 1.54 bits per heavy atom. The van der Waals surface area contributed by atoms with E-state index >= 15 is 0 Å². The molecule has 7 heteroatoms. The SMILES string of the molecule is CC(C)CC(=O)Oc1c2n(ncc1=O)C(C(c1ccccc1)c1ccccc1)CN(C(C)C)C2=O. The summed E-state index contributed by atoms with van der Waals surface area (Å²) >= 11 is 0. The first-order valence-electron chi connectivity index (χ1n) is 12.0. The minimum Gasteiger partial charge on any atom is -0.420 e. The highest BCUT2D eigenvalue weighted by Crippen LogP contribution is 2.39. The van der Waals surface area contributed by atoms with Crippen LogP contribution in [0.2, 0.25) is 0 Å². The second-order valence-electron chi connectivity index (χ2n) is 9.62. The van der Waals surface area contributed by atoms with Crippen LogP contribution in [0.4, 0.5) is 0 Å². The molecule has 4 rings (SSSR count). The zero-order valence-corrected chi connectivity index (χ0v) is 20.5. The van der Waals surface area contributed by atoms with E-state index in [1.54, 1.807) is 9.58 Å². The van der Waals surface area contributed by atoms with Crippen LogP contribution >= 0.6 is 0 Å². The van der Waals surface area contributed by atoms with Gasteiger partial charge in [-0.1, -0.05) is 74.5 Å². The van der Waals surface area contributed by atoms with Crippen LogP contribution in [-0.4, -0.2) is 39.1 Å². The van der Waals surface area contributed by atoms with Crippen molar-refractivity contribution in [1.29, 1.82) is 0 Å². The van der Waals surface area contributed by atoms with Gasteiger partial charge >= 0.3 is 5.97 Å². The summed E-state index contributed by atoms with van der Waals surface area (Å²) in [6.07, 6.45) is 1.28. The smallest absolute Gasteiger partial charge is 0.311 e. The Bertz CT molecular complexity index is 1210. The third-order valence-electron chi connectivity index (χ3n) is 6.25. The van der Waals surface area contributed by atoms with Crippen molar-refractivity contribution in [3.63, 3.8) is 0 Å². The summed E-state index contributed by atoms with van der Waals surface area (Å²) in [7, 11) is 0. The molecule has 0 saturated carbocycles. The quantitative estimate of drug-likeness (QED) is 0.474. The second-order valence-corrected chi connectivity index (χ2v) is 9.62. The average molecular weight is 474 g/mol. The Balaban J connectivity index is 1.92. The molecule has 0 saturated heterocycles. The molecule has 0 N–H and O–H groups in total. The van der Waals surface area contributed by atoms with Crippen molar-refractivity contribution in [3.05, 3.63) is 93.9 Å². The number of rotatable bonds is 7. The van der Waals surface area contributed by atoms with E-state index in [0.29, 0.717) is 6.54 Å². The molecule has 0 fully saturated rings. The largest absolute Gasteiger partial charge is 0.420 e. The van der Waals surface area contributed by atoms with Gasteiger partial charge in [-0.2, -0.15) is 5.10 Å². The summed E-state index contributed by atoms with van der Waals surface area (Å²) < 4.78 is 7.12. The molecule has 2 heterocycles. The summed E-state index contributed by atoms with van der Waals surface area (Å²) in [5.41, 5.74) is 1.57. The Labute approximate surface area is 205 Å². The molecule has 0 aliphatic carbocycles. The predicted octanol–water partition coefficient (Wildman–Crippen LogP) is 4.43. The van der Waals surface area contributed by atoms with Crippen molar-refractivity contribution in [2.45, 2.75) is 52.1 Å². The van der Waals surface area contributed by atoms with Gasteiger partial charge in [0.25, 0.3) is 5.91 Å². The molecule has 3 aromatic rings. The lowest BCUT2D eigenvalue weighted by Gasteiger charge is -2.41. The van der Waals surface area contributed by atoms with Gasteiger partial charge in [0, 0.05) is 24.9 Å². The van der Waals surface area contributed by atoms with Crippen molar-refractivity contribution >= 4 is 11.9 Å².